The Hall–Kier alpha value is -3.61. The number of carbonyl (C=O) groups excluding carboxylic acids is 2. The van der Waals surface area contributed by atoms with Crippen molar-refractivity contribution >= 4 is 23.4 Å². The standard InChI is InChI=1S/C33H43N5O2/c1-23-12-14-28(15-13-23)38-30(22-29(36-38)33(2,3)4)35-32(40)34-27-11-7-8-25(21-27)20-24-16-18-37(19-17-24)31(39)26-9-5-6-10-26/h7-8,11-15,21-22,24,26H,5-6,9-10,16-20H2,1-4H3,(H2,34,35,40). The number of urea groups is 1. The maximum Gasteiger partial charge on any atom is 0.324 e. The average molecular weight is 542 g/mol. The number of aromatic nitrogens is 2. The van der Waals surface area contributed by atoms with Gasteiger partial charge in [0.15, 0.2) is 0 Å². The van der Waals surface area contributed by atoms with Crippen LogP contribution in [0.3, 0.4) is 0 Å². The van der Waals surface area contributed by atoms with Crippen LogP contribution in [0.1, 0.15) is 76.1 Å². The number of aryl methyl sites for hydroxylation is 1. The van der Waals surface area contributed by atoms with Crippen LogP contribution >= 0.6 is 0 Å². The molecule has 2 aliphatic rings. The molecule has 0 spiro atoms. The van der Waals surface area contributed by atoms with Gasteiger partial charge in [-0.2, -0.15) is 5.10 Å². The third kappa shape index (κ3) is 6.75. The van der Waals surface area contributed by atoms with Crippen LogP contribution in [0.15, 0.2) is 54.6 Å². The second kappa shape index (κ2) is 11.9. The highest BCUT2D eigenvalue weighted by molar-refractivity contribution is 5.99. The first-order valence-electron chi connectivity index (χ1n) is 14.8. The van der Waals surface area contributed by atoms with Crippen LogP contribution in [0.2, 0.25) is 0 Å². The lowest BCUT2D eigenvalue weighted by molar-refractivity contribution is -0.136. The van der Waals surface area contributed by atoms with Gasteiger partial charge in [0.2, 0.25) is 5.91 Å². The summed E-state index contributed by atoms with van der Waals surface area (Å²) in [5, 5.41) is 10.8. The number of nitrogens with zero attached hydrogens (tertiary/aromatic N) is 3. The average Bonchev–Trinajstić information content (AvgIpc) is 3.60. The lowest BCUT2D eigenvalue weighted by Crippen LogP contribution is -2.41. The van der Waals surface area contributed by atoms with Gasteiger partial charge in [0, 0.05) is 36.2 Å². The van der Waals surface area contributed by atoms with Gasteiger partial charge >= 0.3 is 6.03 Å². The first-order chi connectivity index (χ1) is 19.2. The largest absolute Gasteiger partial charge is 0.342 e. The van der Waals surface area contributed by atoms with E-state index in [1.54, 1.807) is 4.68 Å². The van der Waals surface area contributed by atoms with Crippen LogP contribution in [0.5, 0.6) is 0 Å². The van der Waals surface area contributed by atoms with E-state index in [1.807, 2.05) is 42.5 Å². The second-order valence-corrected chi connectivity index (χ2v) is 12.6. The molecule has 7 heteroatoms. The van der Waals surface area contributed by atoms with Gasteiger partial charge in [-0.15, -0.1) is 0 Å². The molecule has 212 valence electrons. The number of amides is 3. The summed E-state index contributed by atoms with van der Waals surface area (Å²) in [6.07, 6.45) is 7.56. The van der Waals surface area contributed by atoms with Crippen molar-refractivity contribution in [2.75, 3.05) is 23.7 Å². The Kier molecular flexibility index (Phi) is 8.29. The molecule has 0 radical (unpaired) electrons. The zero-order chi connectivity index (χ0) is 28.3. The fourth-order valence-corrected chi connectivity index (χ4v) is 5.90. The van der Waals surface area contributed by atoms with E-state index in [4.69, 9.17) is 5.10 Å². The number of rotatable bonds is 6. The molecule has 0 atom stereocenters. The summed E-state index contributed by atoms with van der Waals surface area (Å²) in [6.45, 7) is 10.1. The summed E-state index contributed by atoms with van der Waals surface area (Å²) in [5.74, 6) is 1.82. The van der Waals surface area contributed by atoms with Gasteiger partial charge in [0.25, 0.3) is 0 Å². The van der Waals surface area contributed by atoms with E-state index < -0.39 is 0 Å². The first-order valence-corrected chi connectivity index (χ1v) is 14.8. The van der Waals surface area contributed by atoms with E-state index >= 15 is 0 Å². The number of anilines is 2. The van der Waals surface area contributed by atoms with Gasteiger partial charge in [-0.1, -0.05) is 63.4 Å². The summed E-state index contributed by atoms with van der Waals surface area (Å²) in [7, 11) is 0. The lowest BCUT2D eigenvalue weighted by atomic mass is 9.89. The molecule has 40 heavy (non-hydrogen) atoms. The normalized spacial score (nSPS) is 16.8. The molecule has 1 aromatic heterocycles. The molecular formula is C33H43N5O2. The number of carbonyl (C=O) groups is 2. The number of nitrogens with one attached hydrogen (secondary N) is 2. The number of hydrogen-bond acceptors (Lipinski definition) is 3. The number of hydrogen-bond donors (Lipinski definition) is 2. The fourth-order valence-electron chi connectivity index (χ4n) is 5.90. The predicted octanol–water partition coefficient (Wildman–Crippen LogP) is 7.09. The molecule has 1 saturated carbocycles. The molecule has 2 fully saturated rings. The minimum atomic E-state index is -0.301. The Bertz CT molecular complexity index is 1320. The molecular weight excluding hydrogens is 498 g/mol. The summed E-state index contributed by atoms with van der Waals surface area (Å²) < 4.78 is 1.79. The molecule has 2 N–H and O–H groups in total. The molecule has 1 saturated heterocycles. The molecule has 0 bridgehead atoms. The van der Waals surface area contributed by atoms with Crippen LogP contribution < -0.4 is 10.6 Å². The Labute approximate surface area is 238 Å². The summed E-state index contributed by atoms with van der Waals surface area (Å²) in [5.41, 5.74) is 4.79. The third-order valence-corrected chi connectivity index (χ3v) is 8.34. The second-order valence-electron chi connectivity index (χ2n) is 12.6. The highest BCUT2D eigenvalue weighted by Gasteiger charge is 2.30. The van der Waals surface area contributed by atoms with Crippen LogP contribution in [0.4, 0.5) is 16.3 Å². The minimum Gasteiger partial charge on any atom is -0.342 e. The lowest BCUT2D eigenvalue weighted by Gasteiger charge is -2.33. The number of piperidine rings is 1. The van der Waals surface area contributed by atoms with E-state index in [2.05, 4.69) is 55.4 Å². The molecule has 2 aromatic carbocycles. The van der Waals surface area contributed by atoms with Crippen molar-refractivity contribution in [1.82, 2.24) is 14.7 Å². The maximum absolute atomic E-state index is 13.1. The van der Waals surface area contributed by atoms with E-state index in [0.717, 1.165) is 62.3 Å². The van der Waals surface area contributed by atoms with Crippen molar-refractivity contribution < 1.29 is 9.59 Å². The topological polar surface area (TPSA) is 79.3 Å². The van der Waals surface area contributed by atoms with E-state index in [0.29, 0.717) is 17.6 Å². The first kappa shape index (κ1) is 27.9. The van der Waals surface area contributed by atoms with Gasteiger partial charge in [-0.3, -0.25) is 10.1 Å². The van der Waals surface area contributed by atoms with Gasteiger partial charge in [0.05, 0.1) is 11.4 Å². The third-order valence-electron chi connectivity index (χ3n) is 8.34. The molecule has 2 heterocycles. The van der Waals surface area contributed by atoms with Crippen molar-refractivity contribution in [3.8, 4) is 5.69 Å². The van der Waals surface area contributed by atoms with Crippen molar-refractivity contribution in [1.29, 1.82) is 0 Å². The maximum atomic E-state index is 13.1. The monoisotopic (exact) mass is 541 g/mol. The molecule has 7 nitrogen and oxygen atoms in total. The molecule has 1 aliphatic heterocycles. The Morgan fingerprint density at radius 1 is 0.925 bits per heavy atom. The van der Waals surface area contributed by atoms with Gasteiger partial charge in [0.1, 0.15) is 5.82 Å². The van der Waals surface area contributed by atoms with E-state index in [1.165, 1.54) is 24.0 Å². The highest BCUT2D eigenvalue weighted by atomic mass is 16.2. The minimum absolute atomic E-state index is 0.156. The van der Waals surface area contributed by atoms with Gasteiger partial charge in [-0.25, -0.2) is 9.48 Å². The SMILES string of the molecule is Cc1ccc(-n2nc(C(C)(C)C)cc2NC(=O)Nc2cccc(CC3CCN(C(=O)C4CCCC4)CC3)c2)cc1. The van der Waals surface area contributed by atoms with E-state index in [-0.39, 0.29) is 17.4 Å². The Balaban J connectivity index is 1.20. The van der Waals surface area contributed by atoms with Crippen LogP contribution in [-0.4, -0.2) is 39.7 Å². The Morgan fingerprint density at radius 2 is 1.62 bits per heavy atom. The highest BCUT2D eigenvalue weighted by Crippen LogP contribution is 2.30. The zero-order valence-electron chi connectivity index (χ0n) is 24.4. The van der Waals surface area contributed by atoms with Crippen molar-refractivity contribution in [3.63, 3.8) is 0 Å². The van der Waals surface area contributed by atoms with Gasteiger partial charge < -0.3 is 10.2 Å². The molecule has 0 unspecified atom stereocenters. The van der Waals surface area contributed by atoms with Crippen LogP contribution in [0.25, 0.3) is 5.69 Å². The van der Waals surface area contributed by atoms with Gasteiger partial charge in [-0.05, 0) is 74.8 Å². The quantitative estimate of drug-likeness (QED) is 0.350. The Morgan fingerprint density at radius 3 is 2.30 bits per heavy atom. The van der Waals surface area contributed by atoms with E-state index in [9.17, 15) is 9.59 Å². The van der Waals surface area contributed by atoms with Crippen molar-refractivity contribution in [3.05, 3.63) is 71.4 Å². The zero-order valence-corrected chi connectivity index (χ0v) is 24.4. The summed E-state index contributed by atoms with van der Waals surface area (Å²) in [4.78, 5) is 28.0. The fraction of sp³-hybridized carbons (Fsp3) is 0.485. The van der Waals surface area contributed by atoms with Crippen LogP contribution in [0, 0.1) is 18.8 Å². The molecule has 3 aromatic rings. The summed E-state index contributed by atoms with van der Waals surface area (Å²) in [6, 6.07) is 17.9. The molecule has 1 aliphatic carbocycles. The number of likely N-dealkylation sites (tertiary alicyclic amines) is 1. The number of benzene rings is 2. The molecule has 5 rings (SSSR count). The summed E-state index contributed by atoms with van der Waals surface area (Å²) >= 11 is 0. The smallest absolute Gasteiger partial charge is 0.324 e. The predicted molar refractivity (Wildman–Crippen MR) is 161 cm³/mol. The van der Waals surface area contributed by atoms with Crippen LogP contribution in [-0.2, 0) is 16.6 Å². The van der Waals surface area contributed by atoms with Crippen molar-refractivity contribution in [2.45, 2.75) is 78.1 Å². The molecule has 3 amide bonds. The van der Waals surface area contributed by atoms with Crippen molar-refractivity contribution in [2.24, 2.45) is 11.8 Å².